The van der Waals surface area contributed by atoms with Crippen LogP contribution >= 0.6 is 0 Å². The van der Waals surface area contributed by atoms with Crippen molar-refractivity contribution in [2.24, 2.45) is 0 Å². The van der Waals surface area contributed by atoms with Crippen molar-refractivity contribution < 1.29 is 4.42 Å². The van der Waals surface area contributed by atoms with E-state index in [-0.39, 0.29) is 28.5 Å². The van der Waals surface area contributed by atoms with Crippen LogP contribution < -0.4 is 26.2 Å². The monoisotopic (exact) mass is 682 g/mol. The van der Waals surface area contributed by atoms with E-state index in [9.17, 15) is 0 Å². The van der Waals surface area contributed by atoms with Gasteiger partial charge in [-0.3, -0.25) is 0 Å². The SMILES string of the molecule is Cc1cc2c3c(c1)N1c4c(cc(C(C)(C)C)cc4C4(C)CCCCC14C)B3c1ccc3c(oc4ccccc43)c1N2c1ccc(C(C)(C)C)cc1C. The van der Waals surface area contributed by atoms with Crippen LogP contribution in [0.25, 0.3) is 21.9 Å². The molecule has 1 aromatic heterocycles. The number of nitrogens with zero attached hydrogens (tertiary/aromatic N) is 2. The number of furan rings is 1. The second-order valence-electron chi connectivity index (χ2n) is 19.1. The molecule has 4 aliphatic rings. The Labute approximate surface area is 310 Å². The minimum absolute atomic E-state index is 0.0105. The minimum Gasteiger partial charge on any atom is -0.454 e. The summed E-state index contributed by atoms with van der Waals surface area (Å²) < 4.78 is 6.99. The number of benzene rings is 5. The summed E-state index contributed by atoms with van der Waals surface area (Å²) in [6, 6.07) is 30.7. The third-order valence-electron chi connectivity index (χ3n) is 13.8. The molecule has 2 atom stereocenters. The van der Waals surface area contributed by atoms with Crippen molar-refractivity contribution in [1.29, 1.82) is 0 Å². The average molecular weight is 683 g/mol. The van der Waals surface area contributed by atoms with Gasteiger partial charge in [-0.25, -0.2) is 0 Å². The first-order valence-electron chi connectivity index (χ1n) is 19.6. The molecule has 0 saturated heterocycles. The fourth-order valence-electron chi connectivity index (χ4n) is 10.8. The van der Waals surface area contributed by atoms with Gasteiger partial charge in [-0.2, -0.15) is 0 Å². The molecule has 0 spiro atoms. The van der Waals surface area contributed by atoms with Gasteiger partial charge in [0.2, 0.25) is 0 Å². The Kier molecular flexibility index (Phi) is 6.30. The van der Waals surface area contributed by atoms with Gasteiger partial charge in [-0.15, -0.1) is 0 Å². The molecule has 0 bridgehead atoms. The Bertz CT molecular complexity index is 2530. The molecular formula is C48H51BN2O. The molecule has 0 radical (unpaired) electrons. The molecule has 0 amide bonds. The van der Waals surface area contributed by atoms with Gasteiger partial charge in [0, 0.05) is 38.9 Å². The van der Waals surface area contributed by atoms with E-state index in [2.05, 4.69) is 158 Å². The molecule has 4 heterocycles. The van der Waals surface area contributed by atoms with E-state index in [1.807, 2.05) is 0 Å². The third-order valence-corrected chi connectivity index (χ3v) is 13.8. The van der Waals surface area contributed by atoms with Gasteiger partial charge in [-0.05, 0) is 113 Å². The van der Waals surface area contributed by atoms with Crippen molar-refractivity contribution in [3.8, 4) is 0 Å². The molecule has 10 rings (SSSR count). The lowest BCUT2D eigenvalue weighted by molar-refractivity contribution is 0.195. The van der Waals surface area contributed by atoms with E-state index in [4.69, 9.17) is 4.42 Å². The molecule has 3 nitrogen and oxygen atoms in total. The molecule has 2 unspecified atom stereocenters. The summed E-state index contributed by atoms with van der Waals surface area (Å²) in [6.45, 7) is 24.0. The van der Waals surface area contributed by atoms with Crippen LogP contribution in [-0.4, -0.2) is 12.3 Å². The number of para-hydroxylation sites is 1. The Morgan fingerprint density at radius 2 is 1.40 bits per heavy atom. The Morgan fingerprint density at radius 3 is 2.15 bits per heavy atom. The molecule has 1 aliphatic carbocycles. The normalized spacial score (nSPS) is 21.8. The summed E-state index contributed by atoms with van der Waals surface area (Å²) in [5.74, 6) is 0. The van der Waals surface area contributed by atoms with Crippen LogP contribution in [0.2, 0.25) is 0 Å². The molecule has 1 fully saturated rings. The topological polar surface area (TPSA) is 19.6 Å². The molecule has 1 saturated carbocycles. The van der Waals surface area contributed by atoms with E-state index in [1.165, 1.54) is 104 Å². The maximum Gasteiger partial charge on any atom is 0.252 e. The lowest BCUT2D eigenvalue weighted by atomic mass is 9.33. The zero-order chi connectivity index (χ0) is 36.3. The van der Waals surface area contributed by atoms with Gasteiger partial charge in [0.15, 0.2) is 5.58 Å². The molecule has 6 aromatic rings. The number of anilines is 5. The van der Waals surface area contributed by atoms with Crippen molar-refractivity contribution in [3.63, 3.8) is 0 Å². The smallest absolute Gasteiger partial charge is 0.252 e. The number of fused-ring (bicyclic) bond motifs is 11. The van der Waals surface area contributed by atoms with Crippen LogP contribution in [0, 0.1) is 13.8 Å². The molecule has 3 aliphatic heterocycles. The Morgan fingerprint density at radius 1 is 0.673 bits per heavy atom. The molecule has 0 N–H and O–H groups in total. The summed E-state index contributed by atoms with van der Waals surface area (Å²) in [5, 5.41) is 2.35. The van der Waals surface area contributed by atoms with E-state index < -0.39 is 0 Å². The first-order valence-corrected chi connectivity index (χ1v) is 19.6. The quantitative estimate of drug-likeness (QED) is 0.161. The van der Waals surface area contributed by atoms with Gasteiger partial charge < -0.3 is 14.2 Å². The second-order valence-corrected chi connectivity index (χ2v) is 19.1. The molecule has 52 heavy (non-hydrogen) atoms. The summed E-state index contributed by atoms with van der Waals surface area (Å²) in [5.41, 5.74) is 19.8. The van der Waals surface area contributed by atoms with Gasteiger partial charge >= 0.3 is 0 Å². The third kappa shape index (κ3) is 3.99. The van der Waals surface area contributed by atoms with Crippen LogP contribution in [0.15, 0.2) is 83.3 Å². The van der Waals surface area contributed by atoms with Gasteiger partial charge in [0.05, 0.1) is 11.2 Å². The van der Waals surface area contributed by atoms with Crippen molar-refractivity contribution in [2.75, 3.05) is 9.80 Å². The lowest BCUT2D eigenvalue weighted by Crippen LogP contribution is -2.64. The largest absolute Gasteiger partial charge is 0.454 e. The highest BCUT2D eigenvalue weighted by Gasteiger charge is 2.61. The van der Waals surface area contributed by atoms with Crippen molar-refractivity contribution in [3.05, 3.63) is 107 Å². The van der Waals surface area contributed by atoms with Gasteiger partial charge in [0.25, 0.3) is 6.71 Å². The van der Waals surface area contributed by atoms with E-state index in [1.54, 1.807) is 5.56 Å². The lowest BCUT2D eigenvalue weighted by Gasteiger charge is -2.52. The average Bonchev–Trinajstić information content (AvgIpc) is 3.56. The van der Waals surface area contributed by atoms with Crippen LogP contribution in [0.5, 0.6) is 0 Å². The highest BCUT2D eigenvalue weighted by molar-refractivity contribution is 7.00. The number of hydrogen-bond donors (Lipinski definition) is 0. The number of rotatable bonds is 1. The van der Waals surface area contributed by atoms with E-state index in [0.29, 0.717) is 0 Å². The van der Waals surface area contributed by atoms with Crippen molar-refractivity contribution in [2.45, 2.75) is 117 Å². The first kappa shape index (κ1) is 32.2. The summed E-state index contributed by atoms with van der Waals surface area (Å²) >= 11 is 0. The molecule has 262 valence electrons. The maximum absolute atomic E-state index is 6.99. The summed E-state index contributed by atoms with van der Waals surface area (Å²) in [7, 11) is 0. The van der Waals surface area contributed by atoms with E-state index in [0.717, 1.165) is 11.2 Å². The maximum atomic E-state index is 6.99. The Balaban J connectivity index is 1.37. The summed E-state index contributed by atoms with van der Waals surface area (Å²) in [4.78, 5) is 5.44. The van der Waals surface area contributed by atoms with Crippen molar-refractivity contribution >= 4 is 73.5 Å². The second kappa shape index (κ2) is 10.2. The first-order chi connectivity index (χ1) is 24.6. The fraction of sp³-hybridized carbons (Fsp3) is 0.375. The molecular weight excluding hydrogens is 631 g/mol. The van der Waals surface area contributed by atoms with Crippen LogP contribution in [0.4, 0.5) is 28.4 Å². The summed E-state index contributed by atoms with van der Waals surface area (Å²) in [6.07, 6.45) is 4.98. The Hall–Kier alpha value is -4.44. The highest BCUT2D eigenvalue weighted by atomic mass is 16.3. The predicted octanol–water partition coefficient (Wildman–Crippen LogP) is 11.2. The van der Waals surface area contributed by atoms with Gasteiger partial charge in [0.1, 0.15) is 5.58 Å². The van der Waals surface area contributed by atoms with Crippen LogP contribution in [-0.2, 0) is 16.2 Å². The molecule has 5 aromatic carbocycles. The highest BCUT2D eigenvalue weighted by Crippen LogP contribution is 2.62. The molecule has 4 heteroatoms. The zero-order valence-corrected chi connectivity index (χ0v) is 32.7. The predicted molar refractivity (Wildman–Crippen MR) is 223 cm³/mol. The van der Waals surface area contributed by atoms with Crippen molar-refractivity contribution in [1.82, 2.24) is 0 Å². The fourth-order valence-corrected chi connectivity index (χ4v) is 10.8. The van der Waals surface area contributed by atoms with E-state index >= 15 is 0 Å². The van der Waals surface area contributed by atoms with Gasteiger partial charge in [-0.1, -0.05) is 116 Å². The zero-order valence-electron chi connectivity index (χ0n) is 32.7. The minimum atomic E-state index is -0.0105. The van der Waals surface area contributed by atoms with Crippen LogP contribution in [0.3, 0.4) is 0 Å². The number of aryl methyl sites for hydroxylation is 2. The van der Waals surface area contributed by atoms with Crippen LogP contribution in [0.1, 0.15) is 109 Å². The standard InChI is InChI=1S/C48H51BN2O/c1-28-23-38-41-39(24-28)51-42-34(47(9)21-13-14-22-48(47,51)10)26-31(46(6,7)8)27-36(42)49(41)35-19-18-33-32-15-11-12-16-40(32)52-44(33)43(35)50(38)37-20-17-30(25-29(37)2)45(3,4)5/h11-12,15-20,23-27H,13-14,21-22H2,1-10H3. The number of hydrogen-bond acceptors (Lipinski definition) is 3.